The van der Waals surface area contributed by atoms with E-state index in [1.54, 1.807) is 0 Å². The molecule has 2 amide bonds. The van der Waals surface area contributed by atoms with Crippen molar-refractivity contribution in [2.75, 3.05) is 0 Å². The summed E-state index contributed by atoms with van der Waals surface area (Å²) in [6.45, 7) is 34.1. The van der Waals surface area contributed by atoms with Gasteiger partial charge >= 0.3 is 6.03 Å². The molecular weight excluding hydrogens is 458 g/mol. The van der Waals surface area contributed by atoms with Crippen molar-refractivity contribution in [2.24, 2.45) is 34.4 Å². The van der Waals surface area contributed by atoms with Crippen LogP contribution < -0.4 is 21.7 Å². The summed E-state index contributed by atoms with van der Waals surface area (Å²) >= 11 is 0. The highest BCUT2D eigenvalue weighted by molar-refractivity contribution is 5.78. The van der Waals surface area contributed by atoms with E-state index < -0.39 is 0 Å². The van der Waals surface area contributed by atoms with Gasteiger partial charge < -0.3 is 21.7 Å². The summed E-state index contributed by atoms with van der Waals surface area (Å²) in [4.78, 5) is 14.9. The monoisotopic (exact) mass is 530 g/mol. The van der Waals surface area contributed by atoms with Crippen LogP contribution in [-0.4, -0.2) is 36.2 Å². The largest absolute Gasteiger partial charge is 0.370 e. The number of nitrogens with two attached hydrogens (primary N) is 1. The Morgan fingerprint density at radius 1 is 0.541 bits per heavy atom. The minimum Gasteiger partial charge on any atom is -0.370 e. The molecule has 0 atom stereocenters. The summed E-state index contributed by atoms with van der Waals surface area (Å²) in [5.74, 6) is 4.09. The Balaban J connectivity index is -0.000000197. The summed E-state index contributed by atoms with van der Waals surface area (Å²) in [5, 5.41) is 8.45. The lowest BCUT2D eigenvalue weighted by molar-refractivity contribution is 0.236. The van der Waals surface area contributed by atoms with E-state index in [2.05, 4.69) is 76.3 Å². The molecule has 0 saturated heterocycles. The zero-order valence-corrected chi connectivity index (χ0v) is 28.1. The van der Waals surface area contributed by atoms with Crippen LogP contribution in [0.5, 0.6) is 0 Å². The van der Waals surface area contributed by atoms with Crippen molar-refractivity contribution < 1.29 is 4.79 Å². The van der Waals surface area contributed by atoms with Crippen LogP contribution in [0.25, 0.3) is 0 Å². The third-order valence-corrected chi connectivity index (χ3v) is 4.56. The second kappa shape index (κ2) is 27.6. The SMILES string of the molecule is CC(C)CCC(C)C.CC(C)CCCC(C)C.CC(C)N=C(N)NC(C)C.CC(C)NC(=O)NC(C)C. The molecule has 0 unspecified atom stereocenters. The average molecular weight is 530 g/mol. The van der Waals surface area contributed by atoms with Gasteiger partial charge in [0.1, 0.15) is 0 Å². The second-order valence-corrected chi connectivity index (χ2v) is 12.9. The van der Waals surface area contributed by atoms with Crippen molar-refractivity contribution in [3.05, 3.63) is 0 Å². The first kappa shape index (κ1) is 42.6. The zero-order valence-electron chi connectivity index (χ0n) is 28.1. The lowest BCUT2D eigenvalue weighted by atomic mass is 10.0. The summed E-state index contributed by atoms with van der Waals surface area (Å²) in [5.41, 5.74) is 5.51. The number of urea groups is 1. The van der Waals surface area contributed by atoms with Crippen LogP contribution in [0.1, 0.15) is 143 Å². The number of rotatable bonds is 11. The van der Waals surface area contributed by atoms with Gasteiger partial charge in [-0.3, -0.25) is 4.99 Å². The first-order valence-electron chi connectivity index (χ1n) is 15.0. The molecule has 0 radical (unpaired) electrons. The third-order valence-electron chi connectivity index (χ3n) is 4.56. The molecule has 0 spiro atoms. The minimum atomic E-state index is -0.0926. The Bertz CT molecular complexity index is 482. The van der Waals surface area contributed by atoms with Crippen molar-refractivity contribution in [3.63, 3.8) is 0 Å². The first-order valence-corrected chi connectivity index (χ1v) is 15.0. The maximum absolute atomic E-state index is 10.8. The van der Waals surface area contributed by atoms with Crippen molar-refractivity contribution >= 4 is 12.0 Å². The first-order chi connectivity index (χ1) is 16.8. The number of guanidine groups is 1. The van der Waals surface area contributed by atoms with Crippen LogP contribution in [0.4, 0.5) is 4.79 Å². The molecule has 0 heterocycles. The van der Waals surface area contributed by atoms with E-state index in [0.29, 0.717) is 12.0 Å². The molecule has 6 nitrogen and oxygen atoms in total. The summed E-state index contributed by atoms with van der Waals surface area (Å²) in [7, 11) is 0. The highest BCUT2D eigenvalue weighted by Crippen LogP contribution is 2.11. The lowest BCUT2D eigenvalue weighted by Gasteiger charge is -2.11. The molecule has 0 aromatic carbocycles. The van der Waals surface area contributed by atoms with Crippen molar-refractivity contribution in [1.82, 2.24) is 16.0 Å². The molecular formula is C31H71N5O. The molecule has 0 fully saturated rings. The van der Waals surface area contributed by atoms with E-state index in [1.807, 2.05) is 55.4 Å². The Kier molecular flexibility index (Phi) is 31.8. The molecule has 5 N–H and O–H groups in total. The lowest BCUT2D eigenvalue weighted by Crippen LogP contribution is -2.42. The Morgan fingerprint density at radius 3 is 1.05 bits per heavy atom. The van der Waals surface area contributed by atoms with Crippen LogP contribution in [-0.2, 0) is 0 Å². The van der Waals surface area contributed by atoms with Crippen molar-refractivity contribution in [2.45, 2.75) is 167 Å². The summed E-state index contributed by atoms with van der Waals surface area (Å²) in [6.07, 6.45) is 6.99. The van der Waals surface area contributed by atoms with E-state index in [9.17, 15) is 4.79 Å². The number of nitrogens with zero attached hydrogens (tertiary/aromatic N) is 1. The van der Waals surface area contributed by atoms with Gasteiger partial charge in [0.05, 0.1) is 0 Å². The van der Waals surface area contributed by atoms with Gasteiger partial charge in [0.25, 0.3) is 0 Å². The van der Waals surface area contributed by atoms with Gasteiger partial charge in [-0.15, -0.1) is 0 Å². The molecule has 0 aromatic rings. The molecule has 0 aliphatic heterocycles. The van der Waals surface area contributed by atoms with Crippen molar-refractivity contribution in [3.8, 4) is 0 Å². The van der Waals surface area contributed by atoms with Gasteiger partial charge in [-0.1, -0.05) is 87.5 Å². The molecule has 0 aromatic heterocycles. The second-order valence-electron chi connectivity index (χ2n) is 12.9. The number of nitrogens with one attached hydrogen (secondary N) is 3. The van der Waals surface area contributed by atoms with Crippen LogP contribution in [0.15, 0.2) is 4.99 Å². The molecule has 226 valence electrons. The number of amides is 2. The van der Waals surface area contributed by atoms with Gasteiger partial charge in [0.15, 0.2) is 5.96 Å². The fourth-order valence-electron chi connectivity index (χ4n) is 2.78. The van der Waals surface area contributed by atoms with Gasteiger partial charge in [0, 0.05) is 24.2 Å². The fraction of sp³-hybridized carbons (Fsp3) is 0.935. The van der Waals surface area contributed by atoms with Gasteiger partial charge in [-0.25, -0.2) is 4.79 Å². The topological polar surface area (TPSA) is 91.5 Å². The van der Waals surface area contributed by atoms with E-state index in [0.717, 1.165) is 23.7 Å². The molecule has 0 aliphatic carbocycles. The Morgan fingerprint density at radius 2 is 0.838 bits per heavy atom. The maximum atomic E-state index is 10.8. The van der Waals surface area contributed by atoms with E-state index in [1.165, 1.54) is 32.1 Å². The van der Waals surface area contributed by atoms with Crippen LogP contribution in [0, 0.1) is 23.7 Å². The number of carbonyl (C=O) groups excluding carboxylic acids is 1. The van der Waals surface area contributed by atoms with Gasteiger partial charge in [0.2, 0.25) is 0 Å². The molecule has 0 bridgehead atoms. The van der Waals surface area contributed by atoms with Crippen LogP contribution >= 0.6 is 0 Å². The maximum Gasteiger partial charge on any atom is 0.315 e. The van der Waals surface area contributed by atoms with Crippen LogP contribution in [0.3, 0.4) is 0 Å². The van der Waals surface area contributed by atoms with Gasteiger partial charge in [-0.2, -0.15) is 0 Å². The molecule has 0 saturated carbocycles. The third kappa shape index (κ3) is 56.1. The fourth-order valence-corrected chi connectivity index (χ4v) is 2.78. The van der Waals surface area contributed by atoms with E-state index in [-0.39, 0.29) is 24.2 Å². The van der Waals surface area contributed by atoms with Crippen molar-refractivity contribution in [1.29, 1.82) is 0 Å². The number of hydrogen-bond donors (Lipinski definition) is 4. The Labute approximate surface area is 234 Å². The molecule has 0 aliphatic rings. The zero-order chi connectivity index (χ0) is 30.1. The van der Waals surface area contributed by atoms with Gasteiger partial charge in [-0.05, 0) is 79.1 Å². The predicted molar refractivity (Wildman–Crippen MR) is 169 cm³/mol. The number of aliphatic imine (C=N–C) groups is 1. The quantitative estimate of drug-likeness (QED) is 0.160. The molecule has 6 heteroatoms. The van der Waals surface area contributed by atoms with E-state index >= 15 is 0 Å². The summed E-state index contributed by atoms with van der Waals surface area (Å²) in [6, 6.07) is 0.955. The standard InChI is InChI=1S/C9H20.C8H18.C7H17N3.C7H16N2O/c1-8(2)6-5-7-9(3)4;1-7(2)5-6-8(3)4;1-5(2)9-7(8)10-6(3)4;1-5(2)8-7(10)9-6(3)4/h8-9H,5-7H2,1-4H3;7-8H,5-6H2,1-4H3;5-6H,1-4H3,(H3,8,9,10);5-6H,1-4H3,(H2,8,9,10). The molecule has 0 rings (SSSR count). The normalized spacial score (nSPS) is 11.4. The highest BCUT2D eigenvalue weighted by Gasteiger charge is 2.02. The minimum absolute atomic E-state index is 0.0926. The smallest absolute Gasteiger partial charge is 0.315 e. The average Bonchev–Trinajstić information content (AvgIpc) is 2.64. The van der Waals surface area contributed by atoms with Crippen LogP contribution in [0.2, 0.25) is 0 Å². The number of hydrogen-bond acceptors (Lipinski definition) is 2. The highest BCUT2D eigenvalue weighted by atomic mass is 16.2. The molecule has 37 heavy (non-hydrogen) atoms. The Hall–Kier alpha value is -1.46. The predicted octanol–water partition coefficient (Wildman–Crippen LogP) is 8.36. The van der Waals surface area contributed by atoms with E-state index in [4.69, 9.17) is 5.73 Å². The summed E-state index contributed by atoms with van der Waals surface area (Å²) < 4.78 is 0. The number of carbonyl (C=O) groups is 1.